The van der Waals surface area contributed by atoms with Crippen LogP contribution in [0.4, 0.5) is 14.6 Å². The number of benzene rings is 1. The van der Waals surface area contributed by atoms with E-state index >= 15 is 0 Å². The molecule has 2 aromatic rings. The lowest BCUT2D eigenvalue weighted by molar-refractivity contribution is 0.0837. The number of nitrogens with one attached hydrogen (secondary N) is 1. The number of hydrogen-bond donors (Lipinski definition) is 3. The van der Waals surface area contributed by atoms with Gasteiger partial charge < -0.3 is 15.5 Å². The maximum Gasteiger partial charge on any atom is 0.191 e. The zero-order valence-corrected chi connectivity index (χ0v) is 14.3. The molecule has 1 heterocycles. The monoisotopic (exact) mass is 375 g/mol. The van der Waals surface area contributed by atoms with Gasteiger partial charge in [-0.2, -0.15) is 0 Å². The van der Waals surface area contributed by atoms with E-state index in [9.17, 15) is 13.9 Å². The molecule has 9 heteroatoms. The summed E-state index contributed by atoms with van der Waals surface area (Å²) >= 11 is 7.04. The van der Waals surface area contributed by atoms with Gasteiger partial charge in [0, 0.05) is 17.4 Å². The van der Waals surface area contributed by atoms with Gasteiger partial charge in [0.15, 0.2) is 16.8 Å². The van der Waals surface area contributed by atoms with Crippen LogP contribution >= 0.6 is 23.4 Å². The van der Waals surface area contributed by atoms with E-state index in [1.54, 1.807) is 6.92 Å². The molecule has 3 N–H and O–H groups in total. The summed E-state index contributed by atoms with van der Waals surface area (Å²) in [6.07, 6.45) is -0.962. The number of rotatable bonds is 7. The Hall–Kier alpha value is -1.48. The average Bonchev–Trinajstić information content (AvgIpc) is 2.55. The fraction of sp³-hybridized carbons (Fsp3) is 0.333. The Bertz CT molecular complexity index is 708. The smallest absolute Gasteiger partial charge is 0.191 e. The number of halogens is 3. The Morgan fingerprint density at radius 2 is 2.08 bits per heavy atom. The van der Waals surface area contributed by atoms with Crippen LogP contribution in [0.5, 0.6) is 0 Å². The Morgan fingerprint density at radius 3 is 2.79 bits per heavy atom. The van der Waals surface area contributed by atoms with Crippen LogP contribution in [-0.4, -0.2) is 38.9 Å². The van der Waals surface area contributed by atoms with Gasteiger partial charge >= 0.3 is 0 Å². The number of aliphatic hydroxyl groups excluding tert-OH is 2. The molecule has 5 nitrogen and oxygen atoms in total. The van der Waals surface area contributed by atoms with Crippen molar-refractivity contribution in [3.8, 4) is 0 Å². The van der Waals surface area contributed by atoms with E-state index in [1.165, 1.54) is 18.2 Å². The summed E-state index contributed by atoms with van der Waals surface area (Å²) in [6.45, 7) is 1.28. The summed E-state index contributed by atoms with van der Waals surface area (Å²) in [5.41, 5.74) is 0.196. The van der Waals surface area contributed by atoms with Crippen LogP contribution in [0.25, 0.3) is 0 Å². The van der Waals surface area contributed by atoms with Gasteiger partial charge in [-0.15, -0.1) is 0 Å². The van der Waals surface area contributed by atoms with Crippen molar-refractivity contribution >= 4 is 29.2 Å². The van der Waals surface area contributed by atoms with Crippen LogP contribution in [0.3, 0.4) is 0 Å². The molecule has 0 unspecified atom stereocenters. The van der Waals surface area contributed by atoms with Crippen molar-refractivity contribution in [2.75, 3.05) is 11.9 Å². The average molecular weight is 376 g/mol. The normalized spacial score (nSPS) is 13.6. The molecule has 0 spiro atoms. The lowest BCUT2D eigenvalue weighted by atomic mass is 10.2. The lowest BCUT2D eigenvalue weighted by Crippen LogP contribution is -2.33. The number of nitrogens with zero attached hydrogens (tertiary/aromatic N) is 2. The molecule has 0 saturated heterocycles. The summed E-state index contributed by atoms with van der Waals surface area (Å²) in [6, 6.07) is 4.97. The zero-order chi connectivity index (χ0) is 17.7. The molecule has 0 aliphatic rings. The van der Waals surface area contributed by atoms with Crippen LogP contribution in [0.1, 0.15) is 12.5 Å². The largest absolute Gasteiger partial charge is 0.394 e. The second-order valence-corrected chi connectivity index (χ2v) is 6.37. The first-order valence-electron chi connectivity index (χ1n) is 7.06. The van der Waals surface area contributed by atoms with Crippen molar-refractivity contribution in [1.82, 2.24) is 9.97 Å². The van der Waals surface area contributed by atoms with Gasteiger partial charge in [-0.1, -0.05) is 35.5 Å². The maximum absolute atomic E-state index is 13.6. The van der Waals surface area contributed by atoms with E-state index in [1.807, 2.05) is 0 Å². The minimum atomic E-state index is -0.962. The van der Waals surface area contributed by atoms with Crippen LogP contribution in [0.2, 0.25) is 5.15 Å². The molecule has 0 bridgehead atoms. The number of aliphatic hydroxyl groups is 2. The Morgan fingerprint density at radius 1 is 1.33 bits per heavy atom. The highest BCUT2D eigenvalue weighted by molar-refractivity contribution is 7.98. The number of anilines is 1. The third kappa shape index (κ3) is 5.01. The number of thioether (sulfide) groups is 1. The third-order valence-corrected chi connectivity index (χ3v) is 4.29. The topological polar surface area (TPSA) is 78.3 Å². The lowest BCUT2D eigenvalue weighted by Gasteiger charge is -2.19. The molecule has 2 rings (SSSR count). The minimum Gasteiger partial charge on any atom is -0.394 e. The van der Waals surface area contributed by atoms with Gasteiger partial charge in [0.05, 0.1) is 18.8 Å². The van der Waals surface area contributed by atoms with Gasteiger partial charge in [-0.05, 0) is 13.0 Å². The molecule has 0 saturated carbocycles. The molecule has 0 amide bonds. The van der Waals surface area contributed by atoms with Gasteiger partial charge in [-0.25, -0.2) is 18.7 Å². The first kappa shape index (κ1) is 18.9. The van der Waals surface area contributed by atoms with Gasteiger partial charge in [0.2, 0.25) is 0 Å². The molecular weight excluding hydrogens is 360 g/mol. The molecule has 2 atom stereocenters. The van der Waals surface area contributed by atoms with Gasteiger partial charge in [0.1, 0.15) is 11.0 Å². The van der Waals surface area contributed by atoms with E-state index in [0.717, 1.165) is 17.8 Å². The minimum absolute atomic E-state index is 0.137. The highest BCUT2D eigenvalue weighted by Gasteiger charge is 2.15. The predicted octanol–water partition coefficient (Wildman–Crippen LogP) is 2.85. The quantitative estimate of drug-likeness (QED) is 0.392. The molecule has 0 fully saturated rings. The van der Waals surface area contributed by atoms with Crippen molar-refractivity contribution in [3.63, 3.8) is 0 Å². The van der Waals surface area contributed by atoms with Crippen molar-refractivity contribution in [2.45, 2.75) is 30.0 Å². The van der Waals surface area contributed by atoms with Crippen LogP contribution in [-0.2, 0) is 5.75 Å². The van der Waals surface area contributed by atoms with Crippen molar-refractivity contribution < 1.29 is 19.0 Å². The first-order chi connectivity index (χ1) is 11.4. The maximum atomic E-state index is 13.6. The van der Waals surface area contributed by atoms with Crippen LogP contribution in [0.15, 0.2) is 29.4 Å². The van der Waals surface area contributed by atoms with E-state index in [4.69, 9.17) is 16.7 Å². The van der Waals surface area contributed by atoms with E-state index in [2.05, 4.69) is 15.3 Å². The summed E-state index contributed by atoms with van der Waals surface area (Å²) in [4.78, 5) is 8.23. The standard InChI is InChI=1S/C15H16ClF2N3O2S/c1-8(11(23)6-22)19-13-5-12(16)20-15(21-13)24-7-9-3-2-4-10(17)14(9)18/h2-5,8,11,22-23H,6-7H2,1H3,(H,19,20,21)/t8-,11+/m1/s1. The van der Waals surface area contributed by atoms with Crippen molar-refractivity contribution in [3.05, 3.63) is 46.6 Å². The highest BCUT2D eigenvalue weighted by atomic mass is 35.5. The number of hydrogen-bond acceptors (Lipinski definition) is 6. The molecule has 130 valence electrons. The van der Waals surface area contributed by atoms with E-state index in [0.29, 0.717) is 5.82 Å². The SMILES string of the molecule is C[C@@H](Nc1cc(Cl)nc(SCc2cccc(F)c2F)n1)[C@@H](O)CO. The van der Waals surface area contributed by atoms with Crippen LogP contribution in [0, 0.1) is 11.6 Å². The Kier molecular flexibility index (Phi) is 6.73. The summed E-state index contributed by atoms with van der Waals surface area (Å²) in [5, 5.41) is 21.8. The van der Waals surface area contributed by atoms with Crippen molar-refractivity contribution in [2.24, 2.45) is 0 Å². The molecule has 1 aromatic carbocycles. The third-order valence-electron chi connectivity index (χ3n) is 3.20. The Balaban J connectivity index is 2.09. The molecular formula is C15H16ClF2N3O2S. The second kappa shape index (κ2) is 8.57. The fourth-order valence-electron chi connectivity index (χ4n) is 1.83. The molecule has 24 heavy (non-hydrogen) atoms. The molecule has 0 radical (unpaired) electrons. The molecule has 0 aliphatic heterocycles. The predicted molar refractivity (Wildman–Crippen MR) is 89.1 cm³/mol. The highest BCUT2D eigenvalue weighted by Crippen LogP contribution is 2.25. The fourth-order valence-corrected chi connectivity index (χ4v) is 2.89. The van der Waals surface area contributed by atoms with Gasteiger partial charge in [0.25, 0.3) is 0 Å². The molecule has 0 aliphatic carbocycles. The van der Waals surface area contributed by atoms with Gasteiger partial charge in [-0.3, -0.25) is 0 Å². The Labute approximate surface area is 147 Å². The molecule has 1 aromatic heterocycles. The first-order valence-corrected chi connectivity index (χ1v) is 8.42. The van der Waals surface area contributed by atoms with E-state index in [-0.39, 0.29) is 21.6 Å². The summed E-state index contributed by atoms with van der Waals surface area (Å²) in [5.74, 6) is -1.31. The van der Waals surface area contributed by atoms with E-state index < -0.39 is 30.4 Å². The summed E-state index contributed by atoms with van der Waals surface area (Å²) < 4.78 is 26.8. The summed E-state index contributed by atoms with van der Waals surface area (Å²) in [7, 11) is 0. The zero-order valence-electron chi connectivity index (χ0n) is 12.7. The second-order valence-electron chi connectivity index (χ2n) is 5.04. The number of aromatic nitrogens is 2. The van der Waals surface area contributed by atoms with Crippen molar-refractivity contribution in [1.29, 1.82) is 0 Å². The van der Waals surface area contributed by atoms with Crippen LogP contribution < -0.4 is 5.32 Å².